The molecule has 0 amide bonds. The molecule has 9 aromatic carbocycles. The molecule has 0 N–H and O–H groups in total. The minimum absolute atomic E-state index is 1.18. The van der Waals surface area contributed by atoms with Gasteiger partial charge in [-0.05, 0) is 100 Å². The van der Waals surface area contributed by atoms with Crippen LogP contribution in [-0.2, 0) is 0 Å². The molecule has 0 heterocycles. The van der Waals surface area contributed by atoms with Gasteiger partial charge in [0.2, 0.25) is 0 Å². The highest BCUT2D eigenvalue weighted by molar-refractivity contribution is 6.21. The van der Waals surface area contributed by atoms with Crippen molar-refractivity contribution >= 4 is 44.8 Å². The number of benzene rings is 9. The van der Waals surface area contributed by atoms with Crippen molar-refractivity contribution in [3.8, 4) is 22.3 Å². The summed E-state index contributed by atoms with van der Waals surface area (Å²) in [5.74, 6) is 0. The third-order valence-electron chi connectivity index (χ3n) is 10.3. The molecule has 9 rings (SSSR count). The van der Waals surface area contributed by atoms with E-state index < -0.39 is 0 Å². The molecule has 0 aliphatic carbocycles. The second kappa shape index (κ2) is 14.9. The lowest BCUT2D eigenvalue weighted by Gasteiger charge is -2.18. The highest BCUT2D eigenvalue weighted by Gasteiger charge is 2.17. The summed E-state index contributed by atoms with van der Waals surface area (Å²) in [5, 5.41) is 5.00. The number of hydrogen-bond acceptors (Lipinski definition) is 0. The molecule has 0 aromatic heterocycles. The second-order valence-electron chi connectivity index (χ2n) is 13.7. The zero-order chi connectivity index (χ0) is 36.1. The van der Waals surface area contributed by atoms with Gasteiger partial charge in [0.15, 0.2) is 0 Å². The van der Waals surface area contributed by atoms with Crippen molar-refractivity contribution in [1.29, 1.82) is 0 Å². The van der Waals surface area contributed by atoms with E-state index in [4.69, 9.17) is 0 Å². The average Bonchev–Trinajstić information content (AvgIpc) is 3.25. The predicted octanol–water partition coefficient (Wildman–Crippen LogP) is 14.5. The van der Waals surface area contributed by atoms with Crippen LogP contribution in [0.1, 0.15) is 33.4 Å². The molecular formula is C54H38. The molecule has 0 radical (unpaired) electrons. The Labute approximate surface area is 317 Å². The Kier molecular flexibility index (Phi) is 9.07. The zero-order valence-electron chi connectivity index (χ0n) is 29.9. The van der Waals surface area contributed by atoms with Crippen LogP contribution in [0.3, 0.4) is 0 Å². The number of hydrogen-bond donors (Lipinski definition) is 0. The fraction of sp³-hybridized carbons (Fsp3) is 0. The fourth-order valence-corrected chi connectivity index (χ4v) is 7.72. The summed E-state index contributed by atoms with van der Waals surface area (Å²) in [6.07, 6.45) is 4.57. The van der Waals surface area contributed by atoms with Crippen molar-refractivity contribution in [3.63, 3.8) is 0 Å². The number of fused-ring (bicyclic) bond motifs is 2. The van der Waals surface area contributed by atoms with E-state index in [1.54, 1.807) is 0 Å². The van der Waals surface area contributed by atoms with Crippen molar-refractivity contribution in [2.45, 2.75) is 0 Å². The molecule has 9 aromatic rings. The first-order chi connectivity index (χ1) is 26.8. The summed E-state index contributed by atoms with van der Waals surface area (Å²) in [6.45, 7) is 0. The van der Waals surface area contributed by atoms with Gasteiger partial charge in [0.1, 0.15) is 0 Å². The van der Waals surface area contributed by atoms with Gasteiger partial charge in [0, 0.05) is 0 Å². The number of rotatable bonds is 8. The van der Waals surface area contributed by atoms with Crippen LogP contribution in [0.25, 0.3) is 67.1 Å². The quantitative estimate of drug-likeness (QED) is 0.110. The van der Waals surface area contributed by atoms with Gasteiger partial charge in [-0.1, -0.05) is 218 Å². The summed E-state index contributed by atoms with van der Waals surface area (Å²) < 4.78 is 0. The molecular weight excluding hydrogens is 649 g/mol. The summed E-state index contributed by atoms with van der Waals surface area (Å²) in [5.41, 5.74) is 14.5. The third-order valence-corrected chi connectivity index (χ3v) is 10.3. The maximum atomic E-state index is 2.30. The SMILES string of the molecule is C(=C(/c1ccccc1)c1ccc(-c2c3ccccc3c(-c3ccc(/C(=C/c4ccccc4)c4ccccc4)cc3)c3ccccc23)cc1)/c1ccccc1. The van der Waals surface area contributed by atoms with Gasteiger partial charge in [-0.25, -0.2) is 0 Å². The maximum Gasteiger partial charge on any atom is -0.00264 e. The van der Waals surface area contributed by atoms with Crippen molar-refractivity contribution in [2.75, 3.05) is 0 Å². The molecule has 0 saturated carbocycles. The molecule has 0 heteroatoms. The Balaban J connectivity index is 1.16. The molecule has 0 atom stereocenters. The molecule has 0 unspecified atom stereocenters. The van der Waals surface area contributed by atoms with Crippen molar-refractivity contribution in [3.05, 3.63) is 252 Å². The fourth-order valence-electron chi connectivity index (χ4n) is 7.72. The van der Waals surface area contributed by atoms with Gasteiger partial charge in [-0.15, -0.1) is 0 Å². The van der Waals surface area contributed by atoms with E-state index in [0.29, 0.717) is 0 Å². The summed E-state index contributed by atoms with van der Waals surface area (Å²) in [4.78, 5) is 0. The Morgan fingerprint density at radius 2 is 0.500 bits per heavy atom. The summed E-state index contributed by atoms with van der Waals surface area (Å²) >= 11 is 0. The Morgan fingerprint density at radius 1 is 0.241 bits per heavy atom. The molecule has 254 valence electrons. The second-order valence-corrected chi connectivity index (χ2v) is 13.7. The van der Waals surface area contributed by atoms with Crippen LogP contribution in [0.15, 0.2) is 218 Å². The van der Waals surface area contributed by atoms with Crippen LogP contribution in [0.4, 0.5) is 0 Å². The van der Waals surface area contributed by atoms with E-state index in [9.17, 15) is 0 Å². The topological polar surface area (TPSA) is 0 Å². The van der Waals surface area contributed by atoms with Crippen molar-refractivity contribution in [1.82, 2.24) is 0 Å². The standard InChI is InChI=1S/C54H38/c1-5-17-39(18-6-1)37-51(41-21-9-3-10-22-41)43-29-33-45(34-30-43)53-47-25-13-15-27-49(47)54(50-28-16-14-26-48(50)53)46-35-31-44(32-36-46)52(42-23-11-4-12-24-42)38-40-19-7-2-8-20-40/h1-38H/b51-37+,52-38+. The lowest BCUT2D eigenvalue weighted by molar-refractivity contribution is 1.54. The van der Waals surface area contributed by atoms with Crippen LogP contribution in [0.5, 0.6) is 0 Å². The van der Waals surface area contributed by atoms with Crippen LogP contribution in [0, 0.1) is 0 Å². The molecule has 0 nitrogen and oxygen atoms in total. The van der Waals surface area contributed by atoms with Crippen molar-refractivity contribution < 1.29 is 0 Å². The molecule has 0 aliphatic heterocycles. The summed E-state index contributed by atoms with van der Waals surface area (Å²) in [6, 6.07) is 78.6. The van der Waals surface area contributed by atoms with E-state index in [-0.39, 0.29) is 0 Å². The molecule has 0 saturated heterocycles. The molecule has 0 fully saturated rings. The van der Waals surface area contributed by atoms with Gasteiger partial charge in [-0.2, -0.15) is 0 Å². The largest absolute Gasteiger partial charge is 0.0622 e. The molecule has 0 spiro atoms. The monoisotopic (exact) mass is 686 g/mol. The Bertz CT molecular complexity index is 2490. The van der Waals surface area contributed by atoms with Gasteiger partial charge in [0.05, 0.1) is 0 Å². The zero-order valence-corrected chi connectivity index (χ0v) is 29.9. The van der Waals surface area contributed by atoms with Crippen molar-refractivity contribution in [2.24, 2.45) is 0 Å². The van der Waals surface area contributed by atoms with E-state index in [1.807, 2.05) is 0 Å². The van der Waals surface area contributed by atoms with Gasteiger partial charge >= 0.3 is 0 Å². The minimum atomic E-state index is 1.18. The van der Waals surface area contributed by atoms with Crippen LogP contribution in [-0.4, -0.2) is 0 Å². The molecule has 54 heavy (non-hydrogen) atoms. The predicted molar refractivity (Wildman–Crippen MR) is 232 cm³/mol. The third kappa shape index (κ3) is 6.58. The van der Waals surface area contributed by atoms with Gasteiger partial charge in [-0.3, -0.25) is 0 Å². The van der Waals surface area contributed by atoms with E-state index in [0.717, 1.165) is 0 Å². The highest BCUT2D eigenvalue weighted by atomic mass is 14.2. The van der Waals surface area contributed by atoms with E-state index >= 15 is 0 Å². The lowest BCUT2D eigenvalue weighted by atomic mass is 9.85. The maximum absolute atomic E-state index is 2.30. The molecule has 0 aliphatic rings. The first kappa shape index (κ1) is 32.9. The minimum Gasteiger partial charge on any atom is -0.0622 e. The Morgan fingerprint density at radius 3 is 0.815 bits per heavy atom. The lowest BCUT2D eigenvalue weighted by Crippen LogP contribution is -1.93. The van der Waals surface area contributed by atoms with E-state index in [2.05, 4.69) is 231 Å². The average molecular weight is 687 g/mol. The normalized spacial score (nSPS) is 11.9. The highest BCUT2D eigenvalue weighted by Crippen LogP contribution is 2.44. The first-order valence-electron chi connectivity index (χ1n) is 18.6. The van der Waals surface area contributed by atoms with Crippen LogP contribution in [0.2, 0.25) is 0 Å². The van der Waals surface area contributed by atoms with Crippen LogP contribution < -0.4 is 0 Å². The molecule has 0 bridgehead atoms. The first-order valence-corrected chi connectivity index (χ1v) is 18.6. The van der Waals surface area contributed by atoms with Gasteiger partial charge in [0.25, 0.3) is 0 Å². The van der Waals surface area contributed by atoms with E-state index in [1.165, 1.54) is 88.3 Å². The Hall–Kier alpha value is -7.02. The smallest absolute Gasteiger partial charge is 0.00264 e. The van der Waals surface area contributed by atoms with Gasteiger partial charge < -0.3 is 0 Å². The summed E-state index contributed by atoms with van der Waals surface area (Å²) in [7, 11) is 0. The van der Waals surface area contributed by atoms with Crippen LogP contribution >= 0.6 is 0 Å².